The zero-order valence-corrected chi connectivity index (χ0v) is 26.8. The lowest BCUT2D eigenvalue weighted by molar-refractivity contribution is -0.115. The molecule has 3 amide bonds. The Morgan fingerprint density at radius 2 is 1.62 bits per heavy atom. The van der Waals surface area contributed by atoms with Crippen LogP contribution in [0.1, 0.15) is 40.9 Å². The van der Waals surface area contributed by atoms with Crippen molar-refractivity contribution >= 4 is 46.9 Å². The number of anilines is 2. The fourth-order valence-corrected chi connectivity index (χ4v) is 5.49. The number of hydrogen-bond acceptors (Lipinski definition) is 6. The predicted molar refractivity (Wildman–Crippen MR) is 181 cm³/mol. The molecule has 3 N–H and O–H groups in total. The molecule has 0 aliphatic rings. The van der Waals surface area contributed by atoms with Crippen molar-refractivity contribution in [1.29, 1.82) is 0 Å². The number of ether oxygens (including phenoxy) is 2. The first-order valence-electron chi connectivity index (χ1n) is 14.5. The molecule has 0 saturated carbocycles. The van der Waals surface area contributed by atoms with Crippen LogP contribution in [-0.2, 0) is 16.0 Å². The van der Waals surface area contributed by atoms with E-state index in [0.29, 0.717) is 28.3 Å². The molecule has 0 saturated heterocycles. The van der Waals surface area contributed by atoms with Gasteiger partial charge in [-0.25, -0.2) is 0 Å². The minimum Gasteiger partial charge on any atom is -0.497 e. The van der Waals surface area contributed by atoms with Crippen LogP contribution < -0.4 is 25.4 Å². The maximum absolute atomic E-state index is 13.6. The van der Waals surface area contributed by atoms with Gasteiger partial charge in [0.05, 0.1) is 19.5 Å². The van der Waals surface area contributed by atoms with Gasteiger partial charge in [0.15, 0.2) is 0 Å². The van der Waals surface area contributed by atoms with Crippen LogP contribution in [0.4, 0.5) is 11.4 Å². The van der Waals surface area contributed by atoms with Crippen molar-refractivity contribution in [3.63, 3.8) is 0 Å². The van der Waals surface area contributed by atoms with Crippen molar-refractivity contribution in [3.8, 4) is 11.5 Å². The lowest BCUT2D eigenvalue weighted by atomic mass is 10.1. The van der Waals surface area contributed by atoms with Crippen LogP contribution in [-0.4, -0.2) is 37.2 Å². The molecule has 8 nitrogen and oxygen atoms in total. The summed E-state index contributed by atoms with van der Waals surface area (Å²) < 4.78 is 10.8. The Labute approximate surface area is 268 Å². The summed E-state index contributed by atoms with van der Waals surface area (Å²) in [7, 11) is 3.07. The van der Waals surface area contributed by atoms with E-state index in [2.05, 4.69) is 22.9 Å². The molecule has 1 atom stereocenters. The van der Waals surface area contributed by atoms with E-state index < -0.39 is 17.1 Å². The van der Waals surface area contributed by atoms with Crippen LogP contribution in [0.15, 0.2) is 102 Å². The number of rotatable bonds is 12. The van der Waals surface area contributed by atoms with Gasteiger partial charge < -0.3 is 25.4 Å². The Balaban J connectivity index is 1.54. The second-order valence-corrected chi connectivity index (χ2v) is 11.6. The average Bonchev–Trinajstić information content (AvgIpc) is 3.05. The Hall–Kier alpha value is -5.02. The Morgan fingerprint density at radius 1 is 0.867 bits per heavy atom. The lowest BCUT2D eigenvalue weighted by Crippen LogP contribution is -2.30. The van der Waals surface area contributed by atoms with Crippen molar-refractivity contribution in [2.24, 2.45) is 0 Å². The molecular weight excluding hydrogens is 586 g/mol. The zero-order valence-electron chi connectivity index (χ0n) is 26.0. The molecule has 1 unspecified atom stereocenters. The maximum Gasteiger partial charge on any atom is 0.272 e. The van der Waals surface area contributed by atoms with Crippen LogP contribution in [0.25, 0.3) is 6.08 Å². The molecule has 4 rings (SSSR count). The lowest BCUT2D eigenvalue weighted by Gasteiger charge is -2.17. The topological polar surface area (TPSA) is 106 Å². The Kier molecular flexibility index (Phi) is 11.4. The van der Waals surface area contributed by atoms with Gasteiger partial charge in [-0.15, -0.1) is 11.8 Å². The zero-order chi connectivity index (χ0) is 32.3. The molecular formula is C36H37N3O5S. The normalized spacial score (nSPS) is 11.7. The standard InChI is InChI=1S/C36H37N3O5S/c1-6-25-15-10-12-23(2)33(25)39-34(40)24(3)45-30-17-11-16-28(21-30)37-36(42)31(38-35(41)26-13-8-7-9-14-26)20-27-18-19-29(43-4)22-32(27)44-5/h7-22,24H,6H2,1-5H3,(H,37,42)(H,38,41)(H,39,40)/b31-20+. The number of hydrogen-bond donors (Lipinski definition) is 3. The minimum absolute atomic E-state index is 0.0167. The SMILES string of the molecule is CCc1cccc(C)c1NC(=O)C(C)Sc1cccc(NC(=O)/C(=C\c2ccc(OC)cc2OC)NC(=O)c2ccccc2)c1. The van der Waals surface area contributed by atoms with Crippen LogP contribution in [0, 0.1) is 6.92 Å². The van der Waals surface area contributed by atoms with E-state index in [0.717, 1.165) is 28.1 Å². The fourth-order valence-electron chi connectivity index (χ4n) is 4.57. The monoisotopic (exact) mass is 623 g/mol. The van der Waals surface area contributed by atoms with Gasteiger partial charge in [0.25, 0.3) is 11.8 Å². The van der Waals surface area contributed by atoms with Crippen LogP contribution in [0.2, 0.25) is 0 Å². The van der Waals surface area contributed by atoms with Crippen LogP contribution in [0.3, 0.4) is 0 Å². The fraction of sp³-hybridized carbons (Fsp3) is 0.194. The van der Waals surface area contributed by atoms with Crippen molar-refractivity contribution in [2.75, 3.05) is 24.9 Å². The summed E-state index contributed by atoms with van der Waals surface area (Å²) in [5.41, 5.74) is 4.44. The number of para-hydroxylation sites is 1. The first-order chi connectivity index (χ1) is 21.7. The molecule has 0 aliphatic heterocycles. The van der Waals surface area contributed by atoms with E-state index in [1.54, 1.807) is 73.8 Å². The third-order valence-corrected chi connectivity index (χ3v) is 8.13. The maximum atomic E-state index is 13.6. The largest absolute Gasteiger partial charge is 0.497 e. The van der Waals surface area contributed by atoms with Gasteiger partial charge in [-0.3, -0.25) is 14.4 Å². The summed E-state index contributed by atoms with van der Waals surface area (Å²) in [6, 6.07) is 27.0. The third kappa shape index (κ3) is 8.77. The number of carbonyl (C=O) groups is 3. The molecule has 0 fully saturated rings. The number of thioether (sulfide) groups is 1. The van der Waals surface area contributed by atoms with Gasteiger partial charge in [-0.1, -0.05) is 49.4 Å². The average molecular weight is 624 g/mol. The molecule has 0 heterocycles. The second-order valence-electron chi connectivity index (χ2n) is 10.2. The number of methoxy groups -OCH3 is 2. The van der Waals surface area contributed by atoms with Gasteiger partial charge in [-0.05, 0) is 79.9 Å². The Bertz CT molecular complexity index is 1700. The summed E-state index contributed by atoms with van der Waals surface area (Å²) in [5.74, 6) is -0.0211. The molecule has 4 aromatic rings. The van der Waals surface area contributed by atoms with Crippen molar-refractivity contribution in [2.45, 2.75) is 37.3 Å². The van der Waals surface area contributed by atoms with E-state index in [-0.39, 0.29) is 11.6 Å². The summed E-state index contributed by atoms with van der Waals surface area (Å²) in [5, 5.41) is 8.32. The van der Waals surface area contributed by atoms with E-state index in [1.807, 2.05) is 44.2 Å². The molecule has 0 radical (unpaired) electrons. The van der Waals surface area contributed by atoms with E-state index in [9.17, 15) is 14.4 Å². The van der Waals surface area contributed by atoms with E-state index in [1.165, 1.54) is 18.9 Å². The highest BCUT2D eigenvalue weighted by molar-refractivity contribution is 8.00. The highest BCUT2D eigenvalue weighted by atomic mass is 32.2. The summed E-state index contributed by atoms with van der Waals surface area (Å²) in [6.07, 6.45) is 2.36. The molecule has 0 spiro atoms. The second kappa shape index (κ2) is 15.6. The number of benzene rings is 4. The first-order valence-corrected chi connectivity index (χ1v) is 15.4. The third-order valence-electron chi connectivity index (χ3n) is 7.03. The highest BCUT2D eigenvalue weighted by Crippen LogP contribution is 2.29. The van der Waals surface area contributed by atoms with Crippen LogP contribution in [0.5, 0.6) is 11.5 Å². The minimum atomic E-state index is -0.531. The van der Waals surface area contributed by atoms with E-state index in [4.69, 9.17) is 9.47 Å². The quantitative estimate of drug-likeness (QED) is 0.115. The van der Waals surface area contributed by atoms with E-state index >= 15 is 0 Å². The number of amides is 3. The van der Waals surface area contributed by atoms with Crippen LogP contribution >= 0.6 is 11.8 Å². The summed E-state index contributed by atoms with van der Waals surface area (Å²) >= 11 is 1.38. The Morgan fingerprint density at radius 3 is 2.33 bits per heavy atom. The summed E-state index contributed by atoms with van der Waals surface area (Å²) in [6.45, 7) is 5.88. The molecule has 45 heavy (non-hydrogen) atoms. The predicted octanol–water partition coefficient (Wildman–Crippen LogP) is 7.10. The van der Waals surface area contributed by atoms with Gasteiger partial charge >= 0.3 is 0 Å². The molecule has 0 aliphatic carbocycles. The molecule has 232 valence electrons. The van der Waals surface area contributed by atoms with Crippen molar-refractivity contribution < 1.29 is 23.9 Å². The molecule has 0 bridgehead atoms. The van der Waals surface area contributed by atoms with Crippen molar-refractivity contribution in [3.05, 3.63) is 119 Å². The van der Waals surface area contributed by atoms with Gasteiger partial charge in [0.1, 0.15) is 17.2 Å². The smallest absolute Gasteiger partial charge is 0.272 e. The number of nitrogens with one attached hydrogen (secondary N) is 3. The van der Waals surface area contributed by atoms with Crippen molar-refractivity contribution in [1.82, 2.24) is 5.32 Å². The number of aryl methyl sites for hydroxylation is 2. The van der Waals surface area contributed by atoms with Gasteiger partial charge in [-0.2, -0.15) is 0 Å². The summed E-state index contributed by atoms with van der Waals surface area (Å²) in [4.78, 5) is 40.6. The van der Waals surface area contributed by atoms with Gasteiger partial charge in [0.2, 0.25) is 5.91 Å². The molecule has 0 aromatic heterocycles. The molecule has 9 heteroatoms. The number of carbonyl (C=O) groups excluding carboxylic acids is 3. The highest BCUT2D eigenvalue weighted by Gasteiger charge is 2.19. The molecule has 4 aromatic carbocycles. The first kappa shape index (κ1) is 32.9. The van der Waals surface area contributed by atoms with Gasteiger partial charge in [0, 0.05) is 33.5 Å².